The number of hydrogen-bond donors (Lipinski definition) is 2. The van der Waals surface area contributed by atoms with E-state index in [1.54, 1.807) is 19.3 Å². The zero-order valence-electron chi connectivity index (χ0n) is 9.18. The second kappa shape index (κ2) is 4.49. The molecule has 0 radical (unpaired) electrons. The highest BCUT2D eigenvalue weighted by Gasteiger charge is 2.21. The van der Waals surface area contributed by atoms with Gasteiger partial charge in [-0.3, -0.25) is 4.79 Å². The average molecular weight is 221 g/mol. The van der Waals surface area contributed by atoms with Crippen molar-refractivity contribution in [3.63, 3.8) is 0 Å². The number of anilines is 1. The Morgan fingerprint density at radius 3 is 2.94 bits per heavy atom. The van der Waals surface area contributed by atoms with Crippen LogP contribution in [0, 0.1) is 0 Å². The molecule has 1 saturated heterocycles. The van der Waals surface area contributed by atoms with Gasteiger partial charge in [-0.15, -0.1) is 0 Å². The van der Waals surface area contributed by atoms with Gasteiger partial charge in [0.1, 0.15) is 5.82 Å². The van der Waals surface area contributed by atoms with Crippen molar-refractivity contribution < 1.29 is 9.90 Å². The van der Waals surface area contributed by atoms with Crippen molar-refractivity contribution in [3.05, 3.63) is 23.9 Å². The Balaban J connectivity index is 2.10. The highest BCUT2D eigenvalue weighted by molar-refractivity contribution is 5.93. The number of carbonyl (C=O) groups is 1. The Morgan fingerprint density at radius 2 is 2.44 bits per heavy atom. The number of pyridine rings is 1. The van der Waals surface area contributed by atoms with Crippen LogP contribution in [-0.2, 0) is 0 Å². The molecule has 1 unspecified atom stereocenters. The van der Waals surface area contributed by atoms with Gasteiger partial charge in [0.15, 0.2) is 0 Å². The van der Waals surface area contributed by atoms with E-state index in [0.29, 0.717) is 12.1 Å². The van der Waals surface area contributed by atoms with Gasteiger partial charge in [0.25, 0.3) is 5.91 Å². The third-order valence-corrected chi connectivity index (χ3v) is 2.72. The summed E-state index contributed by atoms with van der Waals surface area (Å²) in [5.41, 5.74) is 0.547. The van der Waals surface area contributed by atoms with Crippen LogP contribution >= 0.6 is 0 Å². The molecule has 1 aliphatic rings. The molecule has 1 aliphatic heterocycles. The van der Waals surface area contributed by atoms with E-state index in [9.17, 15) is 9.90 Å². The van der Waals surface area contributed by atoms with Gasteiger partial charge in [-0.25, -0.2) is 4.98 Å². The second-order valence-electron chi connectivity index (χ2n) is 3.87. The van der Waals surface area contributed by atoms with Crippen molar-refractivity contribution in [2.24, 2.45) is 0 Å². The van der Waals surface area contributed by atoms with E-state index < -0.39 is 0 Å². The number of carbonyl (C=O) groups excluding carboxylic acids is 1. The van der Waals surface area contributed by atoms with Crippen molar-refractivity contribution in [1.82, 2.24) is 10.3 Å². The van der Waals surface area contributed by atoms with Gasteiger partial charge in [-0.05, 0) is 18.6 Å². The Bertz CT molecular complexity index is 377. The minimum absolute atomic E-state index is 0.138. The van der Waals surface area contributed by atoms with E-state index in [2.05, 4.69) is 10.3 Å². The fraction of sp³-hybridized carbons (Fsp3) is 0.455. The number of hydrogen-bond acceptors (Lipinski definition) is 4. The maximum atomic E-state index is 11.3. The Morgan fingerprint density at radius 1 is 1.62 bits per heavy atom. The normalized spacial score (nSPS) is 19.9. The molecule has 86 valence electrons. The molecular weight excluding hydrogens is 206 g/mol. The molecule has 1 fully saturated rings. The van der Waals surface area contributed by atoms with Crippen LogP contribution in [-0.4, -0.2) is 42.2 Å². The lowest BCUT2D eigenvalue weighted by molar-refractivity contribution is 0.0962. The summed E-state index contributed by atoms with van der Waals surface area (Å²) in [4.78, 5) is 17.5. The first kappa shape index (κ1) is 10.9. The molecule has 5 heteroatoms. The molecule has 5 nitrogen and oxygen atoms in total. The predicted molar refractivity (Wildman–Crippen MR) is 60.5 cm³/mol. The van der Waals surface area contributed by atoms with Crippen LogP contribution in [0.5, 0.6) is 0 Å². The second-order valence-corrected chi connectivity index (χ2v) is 3.87. The number of aliphatic hydroxyl groups excluding tert-OH is 1. The third kappa shape index (κ3) is 2.14. The van der Waals surface area contributed by atoms with Gasteiger partial charge in [-0.1, -0.05) is 0 Å². The highest BCUT2D eigenvalue weighted by Crippen LogP contribution is 2.17. The van der Waals surface area contributed by atoms with E-state index in [1.165, 1.54) is 0 Å². The number of aliphatic hydroxyl groups is 1. The summed E-state index contributed by atoms with van der Waals surface area (Å²) < 4.78 is 0. The van der Waals surface area contributed by atoms with Crippen molar-refractivity contribution in [2.75, 3.05) is 25.0 Å². The number of aromatic nitrogens is 1. The minimum Gasteiger partial charge on any atom is -0.391 e. The van der Waals surface area contributed by atoms with E-state index in [-0.39, 0.29) is 12.0 Å². The van der Waals surface area contributed by atoms with Crippen LogP contribution in [0.4, 0.5) is 5.82 Å². The monoisotopic (exact) mass is 221 g/mol. The molecule has 0 aromatic carbocycles. The Kier molecular flexibility index (Phi) is 3.05. The topological polar surface area (TPSA) is 65.5 Å². The number of nitrogens with zero attached hydrogens (tertiary/aromatic N) is 2. The fourth-order valence-electron chi connectivity index (χ4n) is 1.80. The molecule has 1 atom stereocenters. The Hall–Kier alpha value is -1.62. The lowest BCUT2D eigenvalue weighted by Gasteiger charge is -2.16. The van der Waals surface area contributed by atoms with Crippen molar-refractivity contribution >= 4 is 11.7 Å². The summed E-state index contributed by atoms with van der Waals surface area (Å²) in [7, 11) is 1.59. The molecule has 1 amide bonds. The fourth-order valence-corrected chi connectivity index (χ4v) is 1.80. The lowest BCUT2D eigenvalue weighted by atomic mass is 10.2. The largest absolute Gasteiger partial charge is 0.391 e. The number of nitrogens with one attached hydrogen (secondary N) is 1. The molecular formula is C11H15N3O2. The number of amides is 1. The van der Waals surface area contributed by atoms with Gasteiger partial charge in [0.05, 0.1) is 11.7 Å². The molecule has 1 aromatic heterocycles. The number of β-amino-alcohol motifs (C(OH)–C–C–N with tert-alkyl or cyclic N) is 1. The lowest BCUT2D eigenvalue weighted by Crippen LogP contribution is -2.23. The first-order valence-electron chi connectivity index (χ1n) is 5.32. The summed E-state index contributed by atoms with van der Waals surface area (Å²) >= 11 is 0. The molecule has 0 aliphatic carbocycles. The van der Waals surface area contributed by atoms with E-state index in [1.807, 2.05) is 11.0 Å². The summed E-state index contributed by atoms with van der Waals surface area (Å²) in [6.45, 7) is 1.43. The van der Waals surface area contributed by atoms with E-state index >= 15 is 0 Å². The van der Waals surface area contributed by atoms with E-state index in [4.69, 9.17) is 0 Å². The smallest absolute Gasteiger partial charge is 0.252 e. The molecule has 0 bridgehead atoms. The Labute approximate surface area is 94.1 Å². The SMILES string of the molecule is CNC(=O)c1ccc(N2CCC(O)C2)nc1. The van der Waals surface area contributed by atoms with E-state index in [0.717, 1.165) is 18.8 Å². The summed E-state index contributed by atoms with van der Waals surface area (Å²) in [6.07, 6.45) is 2.07. The molecule has 2 rings (SSSR count). The van der Waals surface area contributed by atoms with Crippen LogP contribution in [0.3, 0.4) is 0 Å². The molecule has 2 N–H and O–H groups in total. The molecule has 2 heterocycles. The molecule has 16 heavy (non-hydrogen) atoms. The van der Waals surface area contributed by atoms with Crippen LogP contribution in [0.2, 0.25) is 0 Å². The van der Waals surface area contributed by atoms with Crippen LogP contribution in [0.15, 0.2) is 18.3 Å². The standard InChI is InChI=1S/C11H15N3O2/c1-12-11(16)8-2-3-10(13-6-8)14-5-4-9(15)7-14/h2-3,6,9,15H,4-5,7H2,1H3,(H,12,16). The zero-order chi connectivity index (χ0) is 11.5. The molecule has 0 saturated carbocycles. The van der Waals surface area contributed by atoms with Crippen LogP contribution in [0.25, 0.3) is 0 Å². The molecule has 1 aromatic rings. The number of rotatable bonds is 2. The minimum atomic E-state index is -0.264. The first-order valence-corrected chi connectivity index (χ1v) is 5.32. The summed E-state index contributed by atoms with van der Waals surface area (Å²) in [6, 6.07) is 3.55. The van der Waals surface area contributed by atoms with Crippen LogP contribution < -0.4 is 10.2 Å². The van der Waals surface area contributed by atoms with Crippen molar-refractivity contribution in [1.29, 1.82) is 0 Å². The third-order valence-electron chi connectivity index (χ3n) is 2.72. The van der Waals surface area contributed by atoms with Gasteiger partial charge < -0.3 is 15.3 Å². The van der Waals surface area contributed by atoms with Gasteiger partial charge in [0, 0.05) is 26.3 Å². The van der Waals surface area contributed by atoms with Gasteiger partial charge in [0.2, 0.25) is 0 Å². The summed E-state index contributed by atoms with van der Waals surface area (Å²) in [5.74, 6) is 0.671. The highest BCUT2D eigenvalue weighted by atomic mass is 16.3. The van der Waals surface area contributed by atoms with Crippen molar-refractivity contribution in [2.45, 2.75) is 12.5 Å². The van der Waals surface area contributed by atoms with Crippen LogP contribution in [0.1, 0.15) is 16.8 Å². The van der Waals surface area contributed by atoms with Gasteiger partial charge >= 0.3 is 0 Å². The maximum absolute atomic E-state index is 11.3. The van der Waals surface area contributed by atoms with Gasteiger partial charge in [-0.2, -0.15) is 0 Å². The first-order chi connectivity index (χ1) is 7.70. The summed E-state index contributed by atoms with van der Waals surface area (Å²) in [5, 5.41) is 12.0. The predicted octanol–water partition coefficient (Wildman–Crippen LogP) is 0.0122. The molecule has 0 spiro atoms. The maximum Gasteiger partial charge on any atom is 0.252 e. The average Bonchev–Trinajstić information content (AvgIpc) is 2.75. The van der Waals surface area contributed by atoms with Crippen molar-refractivity contribution in [3.8, 4) is 0 Å². The quantitative estimate of drug-likeness (QED) is 0.738. The zero-order valence-corrected chi connectivity index (χ0v) is 9.18.